The summed E-state index contributed by atoms with van der Waals surface area (Å²) in [6.45, 7) is 3.08. The molecule has 13 heteroatoms. The van der Waals surface area contributed by atoms with Crippen molar-refractivity contribution in [2.45, 2.75) is 63.3 Å². The number of ether oxygens (including phenoxy) is 1. The van der Waals surface area contributed by atoms with Gasteiger partial charge in [0, 0.05) is 12.0 Å². The third-order valence-electron chi connectivity index (χ3n) is 6.17. The Bertz CT molecular complexity index is 1110. The number of carbonyl (C=O) groups is 1. The number of halogens is 9. The van der Waals surface area contributed by atoms with Crippen molar-refractivity contribution in [1.82, 2.24) is 0 Å². The zero-order valence-electron chi connectivity index (χ0n) is 19.4. The van der Waals surface area contributed by atoms with Crippen LogP contribution in [0.2, 0.25) is 0 Å². The van der Waals surface area contributed by atoms with Gasteiger partial charge in [-0.05, 0) is 67.3 Å². The third-order valence-corrected chi connectivity index (χ3v) is 6.17. The van der Waals surface area contributed by atoms with E-state index in [9.17, 15) is 49.4 Å². The monoisotopic (exact) mass is 543 g/mol. The number of rotatable bonds is 4. The number of aliphatic hydroxyl groups excluding tert-OH is 1. The molecule has 204 valence electrons. The third kappa shape index (κ3) is 5.97. The molecule has 1 N–H and O–H groups in total. The minimum absolute atomic E-state index is 0.0573. The molecule has 37 heavy (non-hydrogen) atoms. The van der Waals surface area contributed by atoms with E-state index in [2.05, 4.69) is 0 Å². The van der Waals surface area contributed by atoms with Crippen LogP contribution in [0.25, 0.3) is 0 Å². The predicted octanol–water partition coefficient (Wildman–Crippen LogP) is 7.71. The van der Waals surface area contributed by atoms with Gasteiger partial charge in [-0.25, -0.2) is 4.79 Å². The van der Waals surface area contributed by atoms with Crippen LogP contribution in [0.5, 0.6) is 0 Å². The molecule has 0 aromatic heterocycles. The first-order valence-corrected chi connectivity index (χ1v) is 11.1. The highest BCUT2D eigenvalue weighted by molar-refractivity contribution is 5.90. The summed E-state index contributed by atoms with van der Waals surface area (Å²) in [7, 11) is 0. The van der Waals surface area contributed by atoms with Gasteiger partial charge in [0.15, 0.2) is 0 Å². The van der Waals surface area contributed by atoms with Crippen LogP contribution >= 0.6 is 0 Å². The molecule has 3 rings (SSSR count). The predicted molar refractivity (Wildman–Crippen MR) is 114 cm³/mol. The standard InChI is InChI=1S/C24H22F9NO3/c1-3-16-11-18(20(35)12-7-14(23(28,29)30)9-15(8-12)24(31,32)33)17-10-13(22(25,26)27)5-6-19(17)34(16)21(36)37-4-2/h5-10,16,18,20,35H,3-4,11H2,1-2H3/t16?,18-,20-/m0/s1. The molecule has 1 amide bonds. The van der Waals surface area contributed by atoms with Crippen LogP contribution in [0.4, 0.5) is 50.0 Å². The van der Waals surface area contributed by atoms with Crippen LogP contribution in [0.1, 0.15) is 66.5 Å². The van der Waals surface area contributed by atoms with Crippen molar-refractivity contribution >= 4 is 11.8 Å². The number of anilines is 1. The topological polar surface area (TPSA) is 49.8 Å². The molecule has 0 saturated heterocycles. The van der Waals surface area contributed by atoms with Crippen molar-refractivity contribution in [2.75, 3.05) is 11.5 Å². The lowest BCUT2D eigenvalue weighted by Gasteiger charge is -2.41. The van der Waals surface area contributed by atoms with Gasteiger partial charge in [0.05, 0.1) is 35.1 Å². The molecule has 3 atom stereocenters. The largest absolute Gasteiger partial charge is 0.449 e. The Hall–Kier alpha value is -2.96. The van der Waals surface area contributed by atoms with Gasteiger partial charge in [0.1, 0.15) is 0 Å². The first-order valence-electron chi connectivity index (χ1n) is 11.1. The second-order valence-corrected chi connectivity index (χ2v) is 8.53. The zero-order chi connectivity index (χ0) is 27.9. The van der Waals surface area contributed by atoms with Crippen molar-refractivity contribution in [3.8, 4) is 0 Å². The van der Waals surface area contributed by atoms with Gasteiger partial charge in [-0.2, -0.15) is 39.5 Å². The first kappa shape index (κ1) is 28.6. The lowest BCUT2D eigenvalue weighted by Crippen LogP contribution is -2.45. The van der Waals surface area contributed by atoms with Crippen LogP contribution in [-0.4, -0.2) is 23.8 Å². The molecule has 2 aromatic rings. The van der Waals surface area contributed by atoms with Gasteiger partial charge < -0.3 is 9.84 Å². The first-order chi connectivity index (χ1) is 17.0. The van der Waals surface area contributed by atoms with Crippen molar-refractivity contribution in [3.63, 3.8) is 0 Å². The number of amides is 1. The summed E-state index contributed by atoms with van der Waals surface area (Å²) in [5, 5.41) is 11.1. The Morgan fingerprint density at radius 1 is 0.919 bits per heavy atom. The van der Waals surface area contributed by atoms with Gasteiger partial charge in [0.25, 0.3) is 0 Å². The van der Waals surface area contributed by atoms with Crippen LogP contribution in [0.15, 0.2) is 36.4 Å². The summed E-state index contributed by atoms with van der Waals surface area (Å²) in [5.74, 6) is -1.36. The van der Waals surface area contributed by atoms with E-state index in [4.69, 9.17) is 4.74 Å². The van der Waals surface area contributed by atoms with Gasteiger partial charge in [-0.15, -0.1) is 0 Å². The lowest BCUT2D eigenvalue weighted by atomic mass is 9.78. The van der Waals surface area contributed by atoms with E-state index in [0.29, 0.717) is 24.3 Å². The number of hydrogen-bond donors (Lipinski definition) is 1. The minimum Gasteiger partial charge on any atom is -0.449 e. The molecular formula is C24H22F9NO3. The Morgan fingerprint density at radius 3 is 1.92 bits per heavy atom. The van der Waals surface area contributed by atoms with E-state index in [1.807, 2.05) is 0 Å². The normalized spacial score (nSPS) is 19.4. The summed E-state index contributed by atoms with van der Waals surface area (Å²) >= 11 is 0. The molecule has 1 aliphatic rings. The SMILES string of the molecule is CCOC(=O)N1c2ccc(C(F)(F)F)cc2[C@@H]([C@@H](O)c2cc(C(F)(F)F)cc(C(F)(F)F)c2)CC1CC. The minimum atomic E-state index is -5.18. The number of hydrogen-bond acceptors (Lipinski definition) is 3. The van der Waals surface area contributed by atoms with E-state index >= 15 is 0 Å². The summed E-state index contributed by atoms with van der Waals surface area (Å²) in [6.07, 6.45) is -18.2. The van der Waals surface area contributed by atoms with Gasteiger partial charge in [-0.1, -0.05) is 6.92 Å². The molecular weight excluding hydrogens is 521 g/mol. The Kier molecular flexibility index (Phi) is 7.79. The van der Waals surface area contributed by atoms with Crippen LogP contribution in [0, 0.1) is 0 Å². The maximum Gasteiger partial charge on any atom is 0.416 e. The zero-order valence-corrected chi connectivity index (χ0v) is 19.4. The Balaban J connectivity index is 2.22. The second kappa shape index (κ2) is 10.1. The van der Waals surface area contributed by atoms with Crippen LogP contribution in [0.3, 0.4) is 0 Å². The molecule has 0 radical (unpaired) electrons. The van der Waals surface area contributed by atoms with Gasteiger partial charge in [-0.3, -0.25) is 4.90 Å². The molecule has 2 aromatic carbocycles. The van der Waals surface area contributed by atoms with Crippen molar-refractivity contribution < 1.29 is 54.2 Å². The average Bonchev–Trinajstić information content (AvgIpc) is 2.80. The molecule has 0 saturated carbocycles. The molecule has 1 aliphatic heterocycles. The maximum absolute atomic E-state index is 13.5. The summed E-state index contributed by atoms with van der Waals surface area (Å²) in [4.78, 5) is 13.7. The quantitative estimate of drug-likeness (QED) is 0.402. The van der Waals surface area contributed by atoms with E-state index in [0.717, 1.165) is 11.0 Å². The molecule has 4 nitrogen and oxygen atoms in total. The smallest absolute Gasteiger partial charge is 0.416 e. The number of aliphatic hydroxyl groups is 1. The fourth-order valence-electron chi connectivity index (χ4n) is 4.44. The van der Waals surface area contributed by atoms with E-state index in [1.54, 1.807) is 6.92 Å². The highest BCUT2D eigenvalue weighted by Crippen LogP contribution is 2.48. The summed E-state index contributed by atoms with van der Waals surface area (Å²) in [6, 6.07) is 2.11. The lowest BCUT2D eigenvalue weighted by molar-refractivity contribution is -0.143. The van der Waals surface area contributed by atoms with Crippen LogP contribution in [-0.2, 0) is 23.3 Å². The highest BCUT2D eigenvalue weighted by Gasteiger charge is 2.43. The fraction of sp³-hybridized carbons (Fsp3) is 0.458. The van der Waals surface area contributed by atoms with Gasteiger partial charge in [0.2, 0.25) is 0 Å². The van der Waals surface area contributed by atoms with E-state index < -0.39 is 64.9 Å². The Morgan fingerprint density at radius 2 is 1.46 bits per heavy atom. The second-order valence-electron chi connectivity index (χ2n) is 8.53. The molecule has 1 unspecified atom stereocenters. The molecule has 0 spiro atoms. The average molecular weight is 543 g/mol. The van der Waals surface area contributed by atoms with Crippen molar-refractivity contribution in [2.24, 2.45) is 0 Å². The molecule has 0 fully saturated rings. The number of benzene rings is 2. The number of nitrogens with zero attached hydrogens (tertiary/aromatic N) is 1. The Labute approximate surface area is 205 Å². The van der Waals surface area contributed by atoms with Crippen molar-refractivity contribution in [1.29, 1.82) is 0 Å². The fourth-order valence-corrected chi connectivity index (χ4v) is 4.44. The van der Waals surface area contributed by atoms with Crippen molar-refractivity contribution in [3.05, 3.63) is 64.2 Å². The highest BCUT2D eigenvalue weighted by atomic mass is 19.4. The molecule has 0 bridgehead atoms. The number of carbonyl (C=O) groups excluding carboxylic acids is 1. The van der Waals surface area contributed by atoms with E-state index in [-0.39, 0.29) is 36.8 Å². The van der Waals surface area contributed by atoms with E-state index in [1.165, 1.54) is 6.92 Å². The summed E-state index contributed by atoms with van der Waals surface area (Å²) in [5.41, 5.74) is -5.62. The number of fused-ring (bicyclic) bond motifs is 1. The number of alkyl halides is 9. The molecule has 1 heterocycles. The molecule has 0 aliphatic carbocycles. The summed E-state index contributed by atoms with van der Waals surface area (Å²) < 4.78 is 126. The van der Waals surface area contributed by atoms with Crippen LogP contribution < -0.4 is 4.90 Å². The van der Waals surface area contributed by atoms with Gasteiger partial charge >= 0.3 is 24.6 Å². The maximum atomic E-state index is 13.5.